The normalized spacial score (nSPS) is 12.4. The van der Waals surface area contributed by atoms with E-state index in [-0.39, 0.29) is 11.8 Å². The Morgan fingerprint density at radius 2 is 1.90 bits per heavy atom. The van der Waals surface area contributed by atoms with Gasteiger partial charge in [0, 0.05) is 24.5 Å². The Hall–Kier alpha value is -3.17. The lowest BCUT2D eigenvalue weighted by molar-refractivity contribution is 0.477. The second kappa shape index (κ2) is 9.10. The molecule has 1 heterocycles. The summed E-state index contributed by atoms with van der Waals surface area (Å²) in [6.45, 7) is 2.60. The van der Waals surface area contributed by atoms with E-state index < -0.39 is 10.0 Å². The summed E-state index contributed by atoms with van der Waals surface area (Å²) in [7, 11) is -3.38. The molecule has 1 atom stereocenters. The minimum atomic E-state index is -3.38. The molecule has 1 aromatic heterocycles. The number of hydrogen-bond donors (Lipinski definition) is 4. The first-order chi connectivity index (χ1) is 14.2. The molecule has 0 aliphatic carbocycles. The molecule has 0 amide bonds. The molecule has 0 aliphatic heterocycles. The van der Waals surface area contributed by atoms with Gasteiger partial charge in [-0.15, -0.1) is 0 Å². The summed E-state index contributed by atoms with van der Waals surface area (Å²) in [5.74, 6) is 1.04. The first-order valence-electron chi connectivity index (χ1n) is 9.49. The number of nitrogens with zero attached hydrogens (tertiary/aromatic N) is 2. The highest BCUT2D eigenvalue weighted by Gasteiger charge is 2.12. The van der Waals surface area contributed by atoms with Crippen molar-refractivity contribution in [3.05, 3.63) is 54.7 Å². The van der Waals surface area contributed by atoms with Gasteiger partial charge in [-0.1, -0.05) is 25.1 Å². The van der Waals surface area contributed by atoms with E-state index in [0.29, 0.717) is 29.4 Å². The third-order valence-electron chi connectivity index (χ3n) is 4.46. The van der Waals surface area contributed by atoms with E-state index in [1.165, 1.54) is 0 Å². The van der Waals surface area contributed by atoms with E-state index in [0.717, 1.165) is 23.8 Å². The highest BCUT2D eigenvalue weighted by Crippen LogP contribution is 2.33. The summed E-state index contributed by atoms with van der Waals surface area (Å²) in [6, 6.07) is 13.9. The predicted octanol–water partition coefficient (Wildman–Crippen LogP) is 3.04. The fraction of sp³-hybridized carbons (Fsp3) is 0.238. The molecule has 0 spiro atoms. The van der Waals surface area contributed by atoms with Gasteiger partial charge in [0.2, 0.25) is 10.0 Å². The van der Waals surface area contributed by atoms with Crippen molar-refractivity contribution >= 4 is 21.5 Å². The SMILES string of the molecule is CC[C@H](N)CNc1ccnc(-c2cc(-c3cccc(NS(C)(=O)=O)c3)ccc2O)n1. The van der Waals surface area contributed by atoms with E-state index in [1.807, 2.05) is 13.0 Å². The van der Waals surface area contributed by atoms with Crippen LogP contribution in [0.5, 0.6) is 5.75 Å². The van der Waals surface area contributed by atoms with Crippen LogP contribution in [0.1, 0.15) is 13.3 Å². The predicted molar refractivity (Wildman–Crippen MR) is 120 cm³/mol. The van der Waals surface area contributed by atoms with Gasteiger partial charge in [-0.3, -0.25) is 4.72 Å². The molecule has 0 saturated heterocycles. The molecule has 0 fully saturated rings. The Morgan fingerprint density at radius 1 is 1.13 bits per heavy atom. The van der Waals surface area contributed by atoms with Crippen LogP contribution in [0, 0.1) is 0 Å². The largest absolute Gasteiger partial charge is 0.507 e. The molecule has 158 valence electrons. The van der Waals surface area contributed by atoms with E-state index in [2.05, 4.69) is 20.0 Å². The zero-order chi connectivity index (χ0) is 21.7. The monoisotopic (exact) mass is 427 g/mol. The van der Waals surface area contributed by atoms with Crippen molar-refractivity contribution in [2.75, 3.05) is 22.8 Å². The van der Waals surface area contributed by atoms with E-state index >= 15 is 0 Å². The first kappa shape index (κ1) is 21.5. The summed E-state index contributed by atoms with van der Waals surface area (Å²) in [6.07, 6.45) is 3.57. The van der Waals surface area contributed by atoms with Crippen molar-refractivity contribution in [1.82, 2.24) is 9.97 Å². The van der Waals surface area contributed by atoms with Crippen molar-refractivity contribution in [2.45, 2.75) is 19.4 Å². The van der Waals surface area contributed by atoms with Crippen LogP contribution in [0.4, 0.5) is 11.5 Å². The minimum Gasteiger partial charge on any atom is -0.507 e. The fourth-order valence-corrected chi connectivity index (χ4v) is 3.39. The van der Waals surface area contributed by atoms with E-state index in [9.17, 15) is 13.5 Å². The number of aromatic hydroxyl groups is 1. The number of rotatable bonds is 8. The van der Waals surface area contributed by atoms with Gasteiger partial charge in [0.25, 0.3) is 0 Å². The maximum atomic E-state index is 11.5. The van der Waals surface area contributed by atoms with Gasteiger partial charge in [-0.2, -0.15) is 0 Å². The molecule has 30 heavy (non-hydrogen) atoms. The molecular weight excluding hydrogens is 402 g/mol. The van der Waals surface area contributed by atoms with Gasteiger partial charge in [0.1, 0.15) is 11.6 Å². The molecule has 0 aliphatic rings. The van der Waals surface area contributed by atoms with Crippen LogP contribution in [-0.4, -0.2) is 42.3 Å². The summed E-state index contributed by atoms with van der Waals surface area (Å²) in [4.78, 5) is 8.77. The number of phenolic OH excluding ortho intramolecular Hbond substituents is 1. The molecule has 3 aromatic rings. The highest BCUT2D eigenvalue weighted by atomic mass is 32.2. The summed E-state index contributed by atoms with van der Waals surface area (Å²) >= 11 is 0. The lowest BCUT2D eigenvalue weighted by Gasteiger charge is -2.12. The maximum absolute atomic E-state index is 11.5. The summed E-state index contributed by atoms with van der Waals surface area (Å²) < 4.78 is 25.5. The Kier molecular flexibility index (Phi) is 6.53. The fourth-order valence-electron chi connectivity index (χ4n) is 2.84. The lowest BCUT2D eigenvalue weighted by atomic mass is 10.0. The summed E-state index contributed by atoms with van der Waals surface area (Å²) in [5, 5.41) is 13.6. The molecule has 0 radical (unpaired) electrons. The second-order valence-corrected chi connectivity index (χ2v) is 8.75. The van der Waals surface area contributed by atoms with Crippen molar-refractivity contribution in [2.24, 2.45) is 5.73 Å². The van der Waals surface area contributed by atoms with Crippen LogP contribution >= 0.6 is 0 Å². The average molecular weight is 428 g/mol. The Morgan fingerprint density at radius 3 is 2.63 bits per heavy atom. The number of benzene rings is 2. The minimum absolute atomic E-state index is 0.0213. The van der Waals surface area contributed by atoms with Gasteiger partial charge < -0.3 is 16.2 Å². The molecular formula is C21H25N5O3S. The van der Waals surface area contributed by atoms with Crippen LogP contribution in [0.15, 0.2) is 54.7 Å². The number of hydrogen-bond acceptors (Lipinski definition) is 7. The van der Waals surface area contributed by atoms with Crippen molar-refractivity contribution < 1.29 is 13.5 Å². The smallest absolute Gasteiger partial charge is 0.229 e. The first-order valence-corrected chi connectivity index (χ1v) is 11.4. The number of aromatic nitrogens is 2. The molecule has 9 heteroatoms. The number of sulfonamides is 1. The molecule has 3 rings (SSSR count). The Labute approximate surface area is 176 Å². The van der Waals surface area contributed by atoms with Crippen molar-refractivity contribution in [1.29, 1.82) is 0 Å². The van der Waals surface area contributed by atoms with Crippen LogP contribution in [-0.2, 0) is 10.0 Å². The Bertz CT molecular complexity index is 1130. The van der Waals surface area contributed by atoms with Gasteiger partial charge in [0.15, 0.2) is 5.82 Å². The Balaban J connectivity index is 1.92. The molecule has 8 nitrogen and oxygen atoms in total. The highest BCUT2D eigenvalue weighted by molar-refractivity contribution is 7.92. The number of nitrogens with one attached hydrogen (secondary N) is 2. The zero-order valence-electron chi connectivity index (χ0n) is 16.8. The maximum Gasteiger partial charge on any atom is 0.229 e. The topological polar surface area (TPSA) is 130 Å². The number of phenols is 1. The number of anilines is 2. The second-order valence-electron chi connectivity index (χ2n) is 7.00. The molecule has 0 bridgehead atoms. The van der Waals surface area contributed by atoms with E-state index in [1.54, 1.807) is 48.7 Å². The summed E-state index contributed by atoms with van der Waals surface area (Å²) in [5.41, 5.74) is 8.44. The van der Waals surface area contributed by atoms with Crippen LogP contribution < -0.4 is 15.8 Å². The third-order valence-corrected chi connectivity index (χ3v) is 5.07. The van der Waals surface area contributed by atoms with Gasteiger partial charge in [0.05, 0.1) is 11.8 Å². The molecule has 5 N–H and O–H groups in total. The molecule has 2 aromatic carbocycles. The van der Waals surface area contributed by atoms with Gasteiger partial charge in [-0.05, 0) is 47.9 Å². The number of nitrogens with two attached hydrogens (primary N) is 1. The van der Waals surface area contributed by atoms with E-state index in [4.69, 9.17) is 5.73 Å². The molecule has 0 unspecified atom stereocenters. The standard InChI is InChI=1S/C21H25N5O3S/c1-3-16(22)13-24-20-9-10-23-21(25-20)18-12-15(7-8-19(18)27)14-5-4-6-17(11-14)26-30(2,28)29/h4-12,16,26-27H,3,13,22H2,1-2H3,(H,23,24,25)/t16-/m0/s1. The molecule has 0 saturated carbocycles. The van der Waals surface area contributed by atoms with Crippen LogP contribution in [0.25, 0.3) is 22.5 Å². The van der Waals surface area contributed by atoms with Crippen LogP contribution in [0.2, 0.25) is 0 Å². The van der Waals surface area contributed by atoms with Crippen molar-refractivity contribution in [3.8, 4) is 28.3 Å². The quantitative estimate of drug-likeness (QED) is 0.435. The average Bonchev–Trinajstić information content (AvgIpc) is 2.71. The van der Waals surface area contributed by atoms with Crippen molar-refractivity contribution in [3.63, 3.8) is 0 Å². The lowest BCUT2D eigenvalue weighted by Crippen LogP contribution is -2.28. The zero-order valence-corrected chi connectivity index (χ0v) is 17.6. The third kappa shape index (κ3) is 5.68. The van der Waals surface area contributed by atoms with Gasteiger partial charge in [-0.25, -0.2) is 18.4 Å². The van der Waals surface area contributed by atoms with Gasteiger partial charge >= 0.3 is 0 Å². The van der Waals surface area contributed by atoms with Crippen LogP contribution in [0.3, 0.4) is 0 Å².